The first kappa shape index (κ1) is 17.4. The lowest BCUT2D eigenvalue weighted by molar-refractivity contribution is 0.116. The lowest BCUT2D eigenvalue weighted by Gasteiger charge is -2.43. The first-order chi connectivity index (χ1) is 13.0. The molecule has 1 fully saturated rings. The van der Waals surface area contributed by atoms with Gasteiger partial charge in [0.25, 0.3) is 11.8 Å². The van der Waals surface area contributed by atoms with Crippen molar-refractivity contribution in [3.05, 3.63) is 53.6 Å². The maximum Gasteiger partial charge on any atom is 0.314 e. The van der Waals surface area contributed by atoms with Crippen LogP contribution in [-0.4, -0.2) is 20.2 Å². The summed E-state index contributed by atoms with van der Waals surface area (Å²) >= 11 is 0. The molecule has 2 heterocycles. The molecule has 1 aliphatic carbocycles. The fourth-order valence-electron chi connectivity index (χ4n) is 3.05. The average Bonchev–Trinajstić information content (AvgIpc) is 3.09. The highest BCUT2D eigenvalue weighted by atomic mass is 19.3. The highest BCUT2D eigenvalue weighted by Crippen LogP contribution is 2.44. The Morgan fingerprint density at radius 2 is 1.93 bits per heavy atom. The quantitative estimate of drug-likeness (QED) is 0.669. The van der Waals surface area contributed by atoms with Crippen LogP contribution in [0.4, 0.5) is 23.5 Å². The van der Waals surface area contributed by atoms with E-state index in [0.29, 0.717) is 18.4 Å². The number of nitrogens with one attached hydrogen (secondary N) is 1. The molecule has 27 heavy (non-hydrogen) atoms. The number of nitrogens with zero attached hydrogens (tertiary/aromatic N) is 4. The Morgan fingerprint density at radius 3 is 2.56 bits per heavy atom. The van der Waals surface area contributed by atoms with Gasteiger partial charge in [-0.25, -0.2) is 18.7 Å². The topological polar surface area (TPSA) is 76.7 Å². The van der Waals surface area contributed by atoms with E-state index < -0.39 is 29.5 Å². The van der Waals surface area contributed by atoms with Gasteiger partial charge in [0.1, 0.15) is 17.3 Å². The van der Waals surface area contributed by atoms with Gasteiger partial charge in [0.2, 0.25) is 5.95 Å². The van der Waals surface area contributed by atoms with Crippen LogP contribution in [0, 0.1) is 11.6 Å². The van der Waals surface area contributed by atoms with Gasteiger partial charge in [0.05, 0.1) is 5.54 Å². The molecule has 3 aromatic rings. The zero-order valence-electron chi connectivity index (χ0n) is 13.8. The summed E-state index contributed by atoms with van der Waals surface area (Å²) < 4.78 is 57.6. The summed E-state index contributed by atoms with van der Waals surface area (Å²) in [6.45, 7) is 0. The fraction of sp³-hybridized carbons (Fsp3) is 0.294. The molecule has 1 saturated carbocycles. The van der Waals surface area contributed by atoms with Gasteiger partial charge in [-0.2, -0.15) is 8.78 Å². The van der Waals surface area contributed by atoms with Gasteiger partial charge < -0.3 is 9.73 Å². The summed E-state index contributed by atoms with van der Waals surface area (Å²) in [6, 6.07) is 4.86. The van der Waals surface area contributed by atoms with Crippen LogP contribution in [-0.2, 0) is 5.54 Å². The van der Waals surface area contributed by atoms with Crippen LogP contribution in [0.5, 0.6) is 0 Å². The van der Waals surface area contributed by atoms with E-state index in [2.05, 4.69) is 25.5 Å². The second-order valence-corrected chi connectivity index (χ2v) is 6.20. The van der Waals surface area contributed by atoms with Crippen LogP contribution < -0.4 is 5.32 Å². The molecule has 1 N–H and O–H groups in total. The van der Waals surface area contributed by atoms with Crippen LogP contribution in [0.25, 0.3) is 11.6 Å². The molecule has 0 bridgehead atoms. The molecule has 0 unspecified atom stereocenters. The molecular weight excluding hydrogens is 366 g/mol. The molecule has 140 valence electrons. The third-order valence-corrected chi connectivity index (χ3v) is 4.51. The summed E-state index contributed by atoms with van der Waals surface area (Å²) in [6.07, 6.45) is 0.582. The van der Waals surface area contributed by atoms with Gasteiger partial charge in [-0.3, -0.25) is 0 Å². The summed E-state index contributed by atoms with van der Waals surface area (Å²) in [4.78, 5) is 8.28. The van der Waals surface area contributed by atoms with Crippen molar-refractivity contribution in [2.45, 2.75) is 31.2 Å². The summed E-state index contributed by atoms with van der Waals surface area (Å²) in [5.74, 6) is -2.15. The van der Waals surface area contributed by atoms with E-state index in [1.54, 1.807) is 0 Å². The van der Waals surface area contributed by atoms with Gasteiger partial charge >= 0.3 is 6.43 Å². The summed E-state index contributed by atoms with van der Waals surface area (Å²) in [7, 11) is 0. The van der Waals surface area contributed by atoms with Gasteiger partial charge in [-0.1, -0.05) is 6.07 Å². The molecule has 2 aromatic heterocycles. The molecule has 0 atom stereocenters. The Bertz CT molecular complexity index is 973. The molecule has 0 aliphatic heterocycles. The minimum atomic E-state index is -2.88. The standard InChI is InChI=1S/C17H13F4N5O/c18-9-2-3-10(11(19)8-9)17(5-1-6-17)24-16-22-7-4-12(23-16)14-25-26-15(27-14)13(20)21/h2-4,7-8,13H,1,5-6H2,(H,22,23,24). The van der Waals surface area contributed by atoms with Gasteiger partial charge in [0.15, 0.2) is 0 Å². The molecule has 1 aromatic carbocycles. The van der Waals surface area contributed by atoms with Crippen LogP contribution in [0.2, 0.25) is 0 Å². The highest BCUT2D eigenvalue weighted by molar-refractivity contribution is 5.50. The molecule has 0 spiro atoms. The molecule has 4 rings (SSSR count). The third-order valence-electron chi connectivity index (χ3n) is 4.51. The summed E-state index contributed by atoms with van der Waals surface area (Å²) in [5.41, 5.74) is -0.290. The van der Waals surface area contributed by atoms with E-state index in [9.17, 15) is 17.6 Å². The van der Waals surface area contributed by atoms with Crippen LogP contribution in [0.15, 0.2) is 34.9 Å². The van der Waals surface area contributed by atoms with Crippen LogP contribution in [0.3, 0.4) is 0 Å². The Balaban J connectivity index is 1.63. The Hall–Kier alpha value is -3.04. The van der Waals surface area contributed by atoms with Crippen LogP contribution in [0.1, 0.15) is 37.1 Å². The number of anilines is 1. The molecule has 0 amide bonds. The maximum atomic E-state index is 14.3. The van der Waals surface area contributed by atoms with Gasteiger partial charge in [-0.15, -0.1) is 10.2 Å². The third kappa shape index (κ3) is 3.22. The Morgan fingerprint density at radius 1 is 1.11 bits per heavy atom. The zero-order valence-corrected chi connectivity index (χ0v) is 13.8. The van der Waals surface area contributed by atoms with E-state index in [4.69, 9.17) is 4.42 Å². The maximum absolute atomic E-state index is 14.3. The van der Waals surface area contributed by atoms with Crippen molar-refractivity contribution >= 4 is 5.95 Å². The van der Waals surface area contributed by atoms with Crippen molar-refractivity contribution in [2.24, 2.45) is 0 Å². The molecule has 10 heteroatoms. The number of rotatable bonds is 5. The lowest BCUT2D eigenvalue weighted by Crippen LogP contribution is -2.43. The Labute approximate surface area is 150 Å². The second-order valence-electron chi connectivity index (χ2n) is 6.20. The fourth-order valence-corrected chi connectivity index (χ4v) is 3.05. The number of benzene rings is 1. The highest BCUT2D eigenvalue weighted by Gasteiger charge is 2.41. The van der Waals surface area contributed by atoms with Crippen molar-refractivity contribution in [1.82, 2.24) is 20.2 Å². The first-order valence-corrected chi connectivity index (χ1v) is 8.15. The first-order valence-electron chi connectivity index (χ1n) is 8.15. The summed E-state index contributed by atoms with van der Waals surface area (Å²) in [5, 5.41) is 9.89. The predicted octanol–water partition coefficient (Wildman–Crippen LogP) is 4.23. The zero-order chi connectivity index (χ0) is 19.0. The average molecular weight is 379 g/mol. The molecule has 0 saturated heterocycles. The Kier molecular flexibility index (Phi) is 4.25. The number of aromatic nitrogens is 4. The smallest absolute Gasteiger partial charge is 0.314 e. The lowest BCUT2D eigenvalue weighted by atomic mass is 9.71. The van der Waals surface area contributed by atoms with Crippen molar-refractivity contribution in [3.63, 3.8) is 0 Å². The SMILES string of the molecule is Fc1ccc(C2(Nc3nccc(-c4nnc(C(F)F)o4)n3)CCC2)c(F)c1. The predicted molar refractivity (Wildman–Crippen MR) is 85.8 cm³/mol. The number of hydrogen-bond donors (Lipinski definition) is 1. The number of alkyl halides is 2. The minimum absolute atomic E-state index is 0.146. The molecule has 0 radical (unpaired) electrons. The van der Waals surface area contributed by atoms with E-state index in [0.717, 1.165) is 12.5 Å². The molecule has 6 nitrogen and oxygen atoms in total. The van der Waals surface area contributed by atoms with Crippen molar-refractivity contribution < 1.29 is 22.0 Å². The number of hydrogen-bond acceptors (Lipinski definition) is 6. The molecular formula is C17H13F4N5O. The normalized spacial score (nSPS) is 15.6. The van der Waals surface area contributed by atoms with E-state index in [1.165, 1.54) is 24.4 Å². The van der Waals surface area contributed by atoms with Gasteiger partial charge in [-0.05, 0) is 31.4 Å². The largest absolute Gasteiger partial charge is 0.414 e. The minimum Gasteiger partial charge on any atom is -0.414 e. The van der Waals surface area contributed by atoms with E-state index in [1.807, 2.05) is 0 Å². The van der Waals surface area contributed by atoms with E-state index in [-0.39, 0.29) is 17.5 Å². The van der Waals surface area contributed by atoms with E-state index >= 15 is 0 Å². The van der Waals surface area contributed by atoms with Crippen molar-refractivity contribution in [2.75, 3.05) is 5.32 Å². The van der Waals surface area contributed by atoms with Crippen molar-refractivity contribution in [3.8, 4) is 11.6 Å². The molecule has 1 aliphatic rings. The van der Waals surface area contributed by atoms with Gasteiger partial charge in [0, 0.05) is 17.8 Å². The second kappa shape index (κ2) is 6.60. The van der Waals surface area contributed by atoms with Crippen LogP contribution >= 0.6 is 0 Å². The van der Waals surface area contributed by atoms with Crippen molar-refractivity contribution in [1.29, 1.82) is 0 Å². The number of halogens is 4. The monoisotopic (exact) mass is 379 g/mol.